The van der Waals surface area contributed by atoms with E-state index < -0.39 is 23.3 Å². The molecule has 2 aliphatic heterocycles. The predicted octanol–water partition coefficient (Wildman–Crippen LogP) is 9.34. The van der Waals surface area contributed by atoms with Gasteiger partial charge in [0.1, 0.15) is 12.1 Å². The summed E-state index contributed by atoms with van der Waals surface area (Å²) in [5.41, 5.74) is 2.59. The second-order valence-corrected chi connectivity index (χ2v) is 14.7. The average molecular weight is 755 g/mol. The maximum absolute atomic E-state index is 16.1. The number of aryl methyl sites for hydroxylation is 1. The van der Waals surface area contributed by atoms with Gasteiger partial charge in [0.25, 0.3) is 5.92 Å². The van der Waals surface area contributed by atoms with Crippen LogP contribution in [0.4, 0.5) is 32.0 Å². The monoisotopic (exact) mass is 754 g/mol. The Labute approximate surface area is 313 Å². The maximum Gasteiger partial charge on any atom is 0.433 e. The molecule has 1 aliphatic carbocycles. The third-order valence-corrected chi connectivity index (χ3v) is 11.5. The Hall–Kier alpha value is -4.20. The van der Waals surface area contributed by atoms with Crippen molar-refractivity contribution in [3.8, 4) is 11.3 Å². The van der Waals surface area contributed by atoms with E-state index in [-0.39, 0.29) is 40.4 Å². The Morgan fingerprint density at radius 1 is 0.981 bits per heavy atom. The van der Waals surface area contributed by atoms with Crippen LogP contribution >= 0.6 is 0 Å². The molecule has 13 heteroatoms. The third-order valence-electron chi connectivity index (χ3n) is 11.5. The Morgan fingerprint density at radius 2 is 1.67 bits per heavy atom. The van der Waals surface area contributed by atoms with E-state index in [0.29, 0.717) is 28.1 Å². The number of benzene rings is 2. The fourth-order valence-electron chi connectivity index (χ4n) is 8.05. The van der Waals surface area contributed by atoms with Gasteiger partial charge in [0.2, 0.25) is 0 Å². The zero-order valence-electron chi connectivity index (χ0n) is 31.6. The minimum atomic E-state index is -4.78. The van der Waals surface area contributed by atoms with Gasteiger partial charge in [-0.1, -0.05) is 31.4 Å². The number of nitrogens with zero attached hydrogens (tertiary/aromatic N) is 5. The van der Waals surface area contributed by atoms with Crippen LogP contribution in [-0.2, 0) is 29.8 Å². The van der Waals surface area contributed by atoms with Crippen LogP contribution < -0.4 is 5.32 Å². The lowest BCUT2D eigenvalue weighted by Crippen LogP contribution is -2.62. The lowest BCUT2D eigenvalue weighted by molar-refractivity contribution is -0.141. The SMILES string of the molecule is C=C(Nc1ccc(C(C)(F)F)cc1-c1ncnc(C(F)(F)F)c1C)C1=C(C)C2(CCC2)N(C)N(Cc2ccc(CCCN3CCOCC3)c(C)c2F)C1=C. The Kier molecular flexibility index (Phi) is 11.1. The minimum absolute atomic E-state index is 0.0372. The van der Waals surface area contributed by atoms with E-state index in [1.54, 1.807) is 0 Å². The summed E-state index contributed by atoms with van der Waals surface area (Å²) in [7, 11) is 1.98. The second-order valence-electron chi connectivity index (χ2n) is 14.7. The molecule has 0 bridgehead atoms. The lowest BCUT2D eigenvalue weighted by Gasteiger charge is -2.58. The van der Waals surface area contributed by atoms with Gasteiger partial charge in [0, 0.05) is 66.3 Å². The Bertz CT molecular complexity index is 1960. The van der Waals surface area contributed by atoms with Crippen LogP contribution in [0.1, 0.15) is 73.0 Å². The van der Waals surface area contributed by atoms with Crippen molar-refractivity contribution in [2.45, 2.75) is 84.0 Å². The van der Waals surface area contributed by atoms with Crippen LogP contribution in [0, 0.1) is 19.7 Å². The van der Waals surface area contributed by atoms with Gasteiger partial charge in [0.15, 0.2) is 5.69 Å². The third kappa shape index (κ3) is 7.54. The van der Waals surface area contributed by atoms with Crippen LogP contribution in [0.15, 0.2) is 72.4 Å². The first kappa shape index (κ1) is 39.5. The number of ether oxygens (including phenoxy) is 1. The summed E-state index contributed by atoms with van der Waals surface area (Å²) < 4.78 is 92.4. The standard InChI is InChI=1S/C41H48F6N6O/c1-25-30(10-8-17-52-18-20-54-21-19-52)11-12-31(36(25)42)23-53-29(5)35(27(3)40(51(53)7)15-9-16-40)28(4)50-34-14-13-32(39(6,43)44)22-33(34)37-26(2)38(41(45,46)47)49-24-48-37/h11-14,22,24,50H,4-5,8-10,15-21,23H2,1-3,6-7H3. The summed E-state index contributed by atoms with van der Waals surface area (Å²) in [5.74, 6) is -3.53. The van der Waals surface area contributed by atoms with E-state index in [9.17, 15) is 22.0 Å². The Balaban J connectivity index is 1.30. The number of morpholine rings is 1. The molecule has 0 unspecified atom stereocenters. The van der Waals surface area contributed by atoms with Gasteiger partial charge in [-0.25, -0.2) is 28.1 Å². The van der Waals surface area contributed by atoms with Gasteiger partial charge in [-0.15, -0.1) is 0 Å². The number of likely N-dealkylation sites (N-methyl/N-ethyl adjacent to an activating group) is 1. The van der Waals surface area contributed by atoms with Crippen LogP contribution in [0.5, 0.6) is 0 Å². The van der Waals surface area contributed by atoms with Gasteiger partial charge in [-0.05, 0) is 88.3 Å². The second kappa shape index (κ2) is 15.1. The van der Waals surface area contributed by atoms with Gasteiger partial charge in [-0.2, -0.15) is 13.2 Å². The molecule has 0 radical (unpaired) electrons. The molecule has 3 aliphatic rings. The quantitative estimate of drug-likeness (QED) is 0.196. The summed E-state index contributed by atoms with van der Waals surface area (Å²) in [6, 6.07) is 7.61. The molecule has 3 heterocycles. The molecule has 1 saturated carbocycles. The number of rotatable bonds is 11. The molecule has 0 amide bonds. The van der Waals surface area contributed by atoms with Crippen LogP contribution in [0.3, 0.4) is 0 Å². The molecule has 1 saturated heterocycles. The number of anilines is 1. The zero-order chi connectivity index (χ0) is 39.2. The van der Waals surface area contributed by atoms with Crippen molar-refractivity contribution < 1.29 is 31.1 Å². The van der Waals surface area contributed by atoms with E-state index in [2.05, 4.69) is 38.4 Å². The number of alkyl halides is 5. The van der Waals surface area contributed by atoms with Crippen molar-refractivity contribution in [3.05, 3.63) is 112 Å². The number of hydrazine groups is 1. The molecule has 7 nitrogen and oxygen atoms in total. The molecule has 0 atom stereocenters. The number of halogens is 6. The first-order valence-electron chi connectivity index (χ1n) is 18.3. The molecule has 54 heavy (non-hydrogen) atoms. The van der Waals surface area contributed by atoms with Crippen molar-refractivity contribution in [2.75, 3.05) is 45.2 Å². The van der Waals surface area contributed by atoms with Crippen molar-refractivity contribution >= 4 is 5.69 Å². The van der Waals surface area contributed by atoms with Crippen molar-refractivity contribution in [1.82, 2.24) is 24.9 Å². The molecule has 1 aromatic heterocycles. The van der Waals surface area contributed by atoms with Gasteiger partial charge in [-0.3, -0.25) is 4.90 Å². The minimum Gasteiger partial charge on any atom is -0.379 e. The van der Waals surface area contributed by atoms with E-state index in [1.807, 2.05) is 38.0 Å². The molecule has 3 aromatic rings. The van der Waals surface area contributed by atoms with E-state index in [4.69, 9.17) is 4.74 Å². The lowest BCUT2D eigenvalue weighted by atomic mass is 9.68. The van der Waals surface area contributed by atoms with E-state index in [1.165, 1.54) is 19.1 Å². The summed E-state index contributed by atoms with van der Waals surface area (Å²) in [6.45, 7) is 19.0. The highest BCUT2D eigenvalue weighted by Crippen LogP contribution is 2.51. The smallest absolute Gasteiger partial charge is 0.379 e. The predicted molar refractivity (Wildman–Crippen MR) is 198 cm³/mol. The first-order chi connectivity index (χ1) is 25.4. The van der Waals surface area contributed by atoms with Crippen molar-refractivity contribution in [2.24, 2.45) is 0 Å². The maximum atomic E-state index is 16.1. The molecular weight excluding hydrogens is 706 g/mol. The zero-order valence-corrected chi connectivity index (χ0v) is 31.6. The molecule has 2 aromatic carbocycles. The van der Waals surface area contributed by atoms with Crippen LogP contribution in [-0.4, -0.2) is 70.3 Å². The Morgan fingerprint density at radius 3 is 2.30 bits per heavy atom. The number of aromatic nitrogens is 2. The number of hydrogen-bond donors (Lipinski definition) is 1. The summed E-state index contributed by atoms with van der Waals surface area (Å²) in [4.78, 5) is 9.92. The molecule has 290 valence electrons. The summed E-state index contributed by atoms with van der Waals surface area (Å²) in [5, 5.41) is 7.31. The fraction of sp³-hybridized carbons (Fsp3) is 0.463. The van der Waals surface area contributed by atoms with E-state index in [0.717, 1.165) is 95.4 Å². The van der Waals surface area contributed by atoms with E-state index >= 15 is 4.39 Å². The van der Waals surface area contributed by atoms with Gasteiger partial charge < -0.3 is 15.1 Å². The highest BCUT2D eigenvalue weighted by Gasteiger charge is 2.50. The highest BCUT2D eigenvalue weighted by atomic mass is 19.4. The largest absolute Gasteiger partial charge is 0.433 e. The van der Waals surface area contributed by atoms with Gasteiger partial charge >= 0.3 is 6.18 Å². The van der Waals surface area contributed by atoms with Crippen LogP contribution in [0.2, 0.25) is 0 Å². The van der Waals surface area contributed by atoms with Gasteiger partial charge in [0.05, 0.1) is 36.7 Å². The molecular formula is C41H48F6N6O. The van der Waals surface area contributed by atoms with Crippen LogP contribution in [0.25, 0.3) is 11.3 Å². The first-order valence-corrected chi connectivity index (χ1v) is 18.3. The highest BCUT2D eigenvalue weighted by molar-refractivity contribution is 5.80. The molecule has 2 fully saturated rings. The average Bonchev–Trinajstić information content (AvgIpc) is 3.08. The van der Waals surface area contributed by atoms with Crippen molar-refractivity contribution in [3.63, 3.8) is 0 Å². The summed E-state index contributed by atoms with van der Waals surface area (Å²) >= 11 is 0. The topological polar surface area (TPSA) is 56.8 Å². The summed E-state index contributed by atoms with van der Waals surface area (Å²) in [6.07, 6.45) is 0.345. The van der Waals surface area contributed by atoms with Crippen molar-refractivity contribution in [1.29, 1.82) is 0 Å². The molecule has 6 rings (SSSR count). The number of nitrogens with one attached hydrogen (secondary N) is 1. The molecule has 1 spiro atoms. The normalized spacial score (nSPS) is 18.4. The molecule has 1 N–H and O–H groups in total. The number of hydrogen-bond acceptors (Lipinski definition) is 7. The fourth-order valence-corrected chi connectivity index (χ4v) is 8.05.